The molecule has 0 N–H and O–H groups in total. The molecule has 0 spiro atoms. The van der Waals surface area contributed by atoms with Gasteiger partial charge in [0.05, 0.1) is 12.6 Å². The normalized spacial score (nSPS) is 23.2. The van der Waals surface area contributed by atoms with Crippen molar-refractivity contribution in [1.29, 1.82) is 0 Å². The molecule has 0 radical (unpaired) electrons. The lowest BCUT2D eigenvalue weighted by Gasteiger charge is -2.31. The Morgan fingerprint density at radius 2 is 2.19 bits per heavy atom. The van der Waals surface area contributed by atoms with Crippen LogP contribution in [0, 0.1) is 0 Å². The molecule has 1 aromatic heterocycles. The van der Waals surface area contributed by atoms with Crippen LogP contribution in [0.5, 0.6) is 0 Å². The summed E-state index contributed by atoms with van der Waals surface area (Å²) in [4.78, 5) is 14.9. The third kappa shape index (κ3) is 2.99. The lowest BCUT2D eigenvalue weighted by molar-refractivity contribution is -0.133. The summed E-state index contributed by atoms with van der Waals surface area (Å²) in [5.41, 5.74) is 1.22. The van der Waals surface area contributed by atoms with Crippen molar-refractivity contribution in [3.05, 3.63) is 35.9 Å². The average Bonchev–Trinajstić information content (AvgIpc) is 2.80. The maximum absolute atomic E-state index is 12.8. The van der Waals surface area contributed by atoms with E-state index in [1.165, 1.54) is 18.5 Å². The van der Waals surface area contributed by atoms with E-state index in [-0.39, 0.29) is 11.9 Å². The maximum Gasteiger partial charge on any atom is 0.289 e. The van der Waals surface area contributed by atoms with Crippen LogP contribution in [0.3, 0.4) is 0 Å². The van der Waals surface area contributed by atoms with Gasteiger partial charge in [0.2, 0.25) is 0 Å². The van der Waals surface area contributed by atoms with Crippen LogP contribution in [-0.2, 0) is 16.6 Å². The molecule has 21 heavy (non-hydrogen) atoms. The number of carbonyl (C=O) groups excluding carboxylic acids is 1. The number of nitrogens with zero attached hydrogens (tertiary/aromatic N) is 2. The third-order valence-electron chi connectivity index (χ3n) is 4.49. The molecule has 1 aromatic rings. The van der Waals surface area contributed by atoms with Crippen LogP contribution in [0.1, 0.15) is 50.3 Å². The van der Waals surface area contributed by atoms with Crippen molar-refractivity contribution in [1.82, 2.24) is 9.47 Å². The summed E-state index contributed by atoms with van der Waals surface area (Å²) in [6.45, 7) is 1.50. The van der Waals surface area contributed by atoms with Crippen molar-refractivity contribution in [2.45, 2.75) is 44.6 Å². The first-order chi connectivity index (χ1) is 10.3. The Bertz CT molecular complexity index is 533. The topological polar surface area (TPSA) is 34.5 Å². The van der Waals surface area contributed by atoms with Gasteiger partial charge in [0.15, 0.2) is 5.76 Å². The van der Waals surface area contributed by atoms with E-state index in [0.29, 0.717) is 12.4 Å². The van der Waals surface area contributed by atoms with Gasteiger partial charge in [-0.3, -0.25) is 4.79 Å². The second-order valence-electron chi connectivity index (χ2n) is 5.97. The molecule has 1 saturated heterocycles. The zero-order chi connectivity index (χ0) is 14.7. The molecule has 0 aromatic carbocycles. The minimum atomic E-state index is 0.0720. The number of aromatic nitrogens is 1. The Morgan fingerprint density at radius 3 is 2.90 bits per heavy atom. The first kappa shape index (κ1) is 14.2. The van der Waals surface area contributed by atoms with E-state index < -0.39 is 0 Å². The zero-order valence-electron chi connectivity index (χ0n) is 12.8. The lowest BCUT2D eigenvalue weighted by Crippen LogP contribution is -2.37. The number of carbonyl (C=O) groups is 1. The number of rotatable bonds is 2. The predicted octanol–water partition coefficient (Wildman–Crippen LogP) is 3.16. The van der Waals surface area contributed by atoms with Gasteiger partial charge >= 0.3 is 0 Å². The van der Waals surface area contributed by atoms with Crippen molar-refractivity contribution >= 4 is 5.91 Å². The fraction of sp³-hybridized carbons (Fsp3) is 0.588. The van der Waals surface area contributed by atoms with E-state index in [1.54, 1.807) is 0 Å². The zero-order valence-corrected chi connectivity index (χ0v) is 12.8. The number of ether oxygens (including phenoxy) is 1. The molecular weight excluding hydrogens is 264 g/mol. The van der Waals surface area contributed by atoms with Crippen molar-refractivity contribution < 1.29 is 9.53 Å². The van der Waals surface area contributed by atoms with Gasteiger partial charge in [-0.25, -0.2) is 0 Å². The Kier molecular flexibility index (Phi) is 4.32. The molecular formula is C17H24N2O2. The molecule has 1 unspecified atom stereocenters. The highest BCUT2D eigenvalue weighted by Crippen LogP contribution is 2.31. The van der Waals surface area contributed by atoms with Crippen LogP contribution in [0.25, 0.3) is 0 Å². The smallest absolute Gasteiger partial charge is 0.289 e. The first-order valence-electron chi connectivity index (χ1n) is 8.02. The fourth-order valence-electron chi connectivity index (χ4n) is 3.33. The summed E-state index contributed by atoms with van der Waals surface area (Å²) in [6.07, 6.45) is 10.5. The van der Waals surface area contributed by atoms with Gasteiger partial charge in [0.1, 0.15) is 0 Å². The van der Waals surface area contributed by atoms with E-state index >= 15 is 0 Å². The van der Waals surface area contributed by atoms with E-state index in [0.717, 1.165) is 32.2 Å². The summed E-state index contributed by atoms with van der Waals surface area (Å²) >= 11 is 0. The minimum absolute atomic E-state index is 0.0720. The molecule has 3 rings (SSSR count). The van der Waals surface area contributed by atoms with Gasteiger partial charge in [-0.15, -0.1) is 0 Å². The van der Waals surface area contributed by atoms with Gasteiger partial charge in [-0.2, -0.15) is 0 Å². The van der Waals surface area contributed by atoms with Crippen LogP contribution in [0.4, 0.5) is 0 Å². The van der Waals surface area contributed by atoms with Crippen LogP contribution >= 0.6 is 0 Å². The molecule has 114 valence electrons. The molecule has 4 heteroatoms. The molecule has 1 amide bonds. The van der Waals surface area contributed by atoms with Crippen molar-refractivity contribution in [3.63, 3.8) is 0 Å². The predicted molar refractivity (Wildman–Crippen MR) is 81.6 cm³/mol. The molecule has 1 fully saturated rings. The second kappa shape index (κ2) is 6.37. The summed E-state index contributed by atoms with van der Waals surface area (Å²) in [7, 11) is 2.05. The number of hydrogen-bond acceptors (Lipinski definition) is 2. The highest BCUT2D eigenvalue weighted by Gasteiger charge is 2.31. The molecule has 0 saturated carbocycles. The van der Waals surface area contributed by atoms with E-state index in [4.69, 9.17) is 4.74 Å². The number of hydrogen-bond donors (Lipinski definition) is 0. The third-order valence-corrected chi connectivity index (χ3v) is 4.49. The van der Waals surface area contributed by atoms with Crippen molar-refractivity contribution in [2.75, 3.05) is 13.2 Å². The van der Waals surface area contributed by atoms with Gasteiger partial charge in [0.25, 0.3) is 5.91 Å². The van der Waals surface area contributed by atoms with Gasteiger partial charge < -0.3 is 14.2 Å². The molecule has 0 aliphatic carbocycles. The van der Waals surface area contributed by atoms with E-state index in [2.05, 4.69) is 29.9 Å². The summed E-state index contributed by atoms with van der Waals surface area (Å²) in [5.74, 6) is 0.630. The van der Waals surface area contributed by atoms with E-state index in [9.17, 15) is 4.79 Å². The Labute approximate surface area is 126 Å². The second-order valence-corrected chi connectivity index (χ2v) is 5.97. The molecule has 0 bridgehead atoms. The molecule has 1 atom stereocenters. The number of allylic oxidation sites excluding steroid dienone is 1. The fourth-order valence-corrected chi connectivity index (χ4v) is 3.33. The van der Waals surface area contributed by atoms with Gasteiger partial charge in [0, 0.05) is 25.5 Å². The number of amides is 1. The van der Waals surface area contributed by atoms with Crippen LogP contribution in [0.2, 0.25) is 0 Å². The van der Waals surface area contributed by atoms with Crippen molar-refractivity contribution in [2.24, 2.45) is 7.05 Å². The molecule has 2 aliphatic rings. The average molecular weight is 288 g/mol. The van der Waals surface area contributed by atoms with Gasteiger partial charge in [-0.1, -0.05) is 12.8 Å². The summed E-state index contributed by atoms with van der Waals surface area (Å²) < 4.78 is 7.72. The quantitative estimate of drug-likeness (QED) is 0.837. The largest absolute Gasteiger partial charge is 0.488 e. The summed E-state index contributed by atoms with van der Waals surface area (Å²) in [6, 6.07) is 4.36. The van der Waals surface area contributed by atoms with Crippen LogP contribution < -0.4 is 0 Å². The summed E-state index contributed by atoms with van der Waals surface area (Å²) in [5, 5.41) is 0. The Hall–Kier alpha value is -1.71. The number of likely N-dealkylation sites (tertiary alicyclic amines) is 1. The minimum Gasteiger partial charge on any atom is -0.488 e. The van der Waals surface area contributed by atoms with E-state index in [1.807, 2.05) is 11.0 Å². The highest BCUT2D eigenvalue weighted by atomic mass is 16.5. The number of aryl methyl sites for hydroxylation is 1. The molecule has 4 nitrogen and oxygen atoms in total. The maximum atomic E-state index is 12.8. The van der Waals surface area contributed by atoms with Crippen LogP contribution in [0.15, 0.2) is 30.2 Å². The monoisotopic (exact) mass is 288 g/mol. The Balaban J connectivity index is 1.86. The standard InChI is InChI=1S/C17H24N2O2/c1-18-11-7-9-14(18)15-8-3-2-5-12-19(15)17(20)16-10-4-6-13-21-16/h7,9-11,15H,2-6,8,12-13H2,1H3. The van der Waals surface area contributed by atoms with Crippen molar-refractivity contribution in [3.8, 4) is 0 Å². The SMILES string of the molecule is Cn1cccc1C1CCCCCN1C(=O)C1=CCCCO1. The van der Waals surface area contributed by atoms with Gasteiger partial charge in [-0.05, 0) is 43.9 Å². The molecule has 2 aliphatic heterocycles. The Morgan fingerprint density at radius 1 is 1.29 bits per heavy atom. The molecule has 3 heterocycles. The lowest BCUT2D eigenvalue weighted by atomic mass is 10.1. The first-order valence-corrected chi connectivity index (χ1v) is 8.02. The van der Waals surface area contributed by atoms with Crippen LogP contribution in [-0.4, -0.2) is 28.5 Å². The highest BCUT2D eigenvalue weighted by molar-refractivity contribution is 5.91.